The van der Waals surface area contributed by atoms with Crippen LogP contribution in [0.15, 0.2) is 52.5 Å². The SMILES string of the molecule is CSc1ncccc1C(=O)OCC(=O)Nc1cccc(S(=O)(=O)N2CCCCC2)c1. The minimum absolute atomic E-state index is 0.124. The summed E-state index contributed by atoms with van der Waals surface area (Å²) in [5, 5.41) is 3.09. The van der Waals surface area contributed by atoms with E-state index in [0.29, 0.717) is 23.8 Å². The number of nitrogens with zero attached hydrogens (tertiary/aromatic N) is 2. The van der Waals surface area contributed by atoms with Gasteiger partial charge >= 0.3 is 5.97 Å². The lowest BCUT2D eigenvalue weighted by atomic mass is 10.2. The van der Waals surface area contributed by atoms with E-state index in [4.69, 9.17) is 4.74 Å². The Morgan fingerprint density at radius 3 is 2.67 bits per heavy atom. The van der Waals surface area contributed by atoms with Gasteiger partial charge in [-0.2, -0.15) is 4.31 Å². The van der Waals surface area contributed by atoms with Gasteiger partial charge in [-0.25, -0.2) is 18.2 Å². The number of carbonyl (C=O) groups excluding carboxylic acids is 2. The van der Waals surface area contributed by atoms with Crippen molar-refractivity contribution in [3.8, 4) is 0 Å². The molecule has 10 heteroatoms. The Hall–Kier alpha value is -2.43. The van der Waals surface area contributed by atoms with Crippen molar-refractivity contribution in [3.63, 3.8) is 0 Å². The molecule has 2 aromatic rings. The molecule has 1 aromatic carbocycles. The van der Waals surface area contributed by atoms with Gasteiger partial charge in [0, 0.05) is 25.0 Å². The topological polar surface area (TPSA) is 106 Å². The van der Waals surface area contributed by atoms with Gasteiger partial charge < -0.3 is 10.1 Å². The van der Waals surface area contributed by atoms with Gasteiger partial charge in [0.25, 0.3) is 5.91 Å². The van der Waals surface area contributed by atoms with Crippen LogP contribution in [0.25, 0.3) is 0 Å². The highest BCUT2D eigenvalue weighted by atomic mass is 32.2. The molecule has 160 valence electrons. The number of sulfonamides is 1. The normalized spacial score (nSPS) is 14.8. The fraction of sp³-hybridized carbons (Fsp3) is 0.350. The third-order valence-electron chi connectivity index (χ3n) is 4.59. The summed E-state index contributed by atoms with van der Waals surface area (Å²) in [6, 6.07) is 9.27. The van der Waals surface area contributed by atoms with E-state index in [1.54, 1.807) is 36.7 Å². The van der Waals surface area contributed by atoms with E-state index in [1.807, 2.05) is 0 Å². The van der Waals surface area contributed by atoms with Crippen LogP contribution in [0.4, 0.5) is 5.69 Å². The van der Waals surface area contributed by atoms with E-state index in [0.717, 1.165) is 19.3 Å². The van der Waals surface area contributed by atoms with Gasteiger partial charge in [0.1, 0.15) is 5.03 Å². The molecule has 0 atom stereocenters. The number of benzene rings is 1. The van der Waals surface area contributed by atoms with Crippen molar-refractivity contribution in [2.24, 2.45) is 0 Å². The Kier molecular flexibility index (Phi) is 7.46. The van der Waals surface area contributed by atoms with Gasteiger partial charge in [-0.1, -0.05) is 12.5 Å². The van der Waals surface area contributed by atoms with Crippen LogP contribution in [-0.2, 0) is 19.6 Å². The zero-order chi connectivity index (χ0) is 21.6. The summed E-state index contributed by atoms with van der Waals surface area (Å²) >= 11 is 1.30. The first-order valence-corrected chi connectivity index (χ1v) is 12.1. The minimum atomic E-state index is -3.60. The van der Waals surface area contributed by atoms with Gasteiger partial charge in [0.15, 0.2) is 6.61 Å². The van der Waals surface area contributed by atoms with Crippen molar-refractivity contribution in [1.82, 2.24) is 9.29 Å². The van der Waals surface area contributed by atoms with E-state index in [2.05, 4.69) is 10.3 Å². The second-order valence-electron chi connectivity index (χ2n) is 6.68. The molecule has 30 heavy (non-hydrogen) atoms. The molecule has 1 aliphatic rings. The van der Waals surface area contributed by atoms with Crippen molar-refractivity contribution in [1.29, 1.82) is 0 Å². The third kappa shape index (κ3) is 5.38. The number of aromatic nitrogens is 1. The van der Waals surface area contributed by atoms with E-state index < -0.39 is 28.5 Å². The highest BCUT2D eigenvalue weighted by Gasteiger charge is 2.26. The molecule has 0 unspecified atom stereocenters. The Labute approximate surface area is 180 Å². The minimum Gasteiger partial charge on any atom is -0.452 e. The van der Waals surface area contributed by atoms with Crippen LogP contribution in [0.5, 0.6) is 0 Å². The molecular weight excluding hydrogens is 426 g/mol. The van der Waals surface area contributed by atoms with Crippen LogP contribution in [0.2, 0.25) is 0 Å². The first-order chi connectivity index (χ1) is 14.4. The van der Waals surface area contributed by atoms with Crippen molar-refractivity contribution in [2.75, 3.05) is 31.3 Å². The maximum absolute atomic E-state index is 12.8. The molecule has 0 radical (unpaired) electrons. The standard InChI is InChI=1S/C20H23N3O5S2/c1-29-19-17(9-6-10-21-19)20(25)28-14-18(24)22-15-7-5-8-16(13-15)30(26,27)23-11-3-2-4-12-23/h5-10,13H,2-4,11-12,14H2,1H3,(H,22,24). The maximum atomic E-state index is 12.8. The molecular formula is C20H23N3O5S2. The molecule has 1 amide bonds. The number of anilines is 1. The van der Waals surface area contributed by atoms with Crippen LogP contribution in [0.3, 0.4) is 0 Å². The molecule has 0 spiro atoms. The zero-order valence-electron chi connectivity index (χ0n) is 16.5. The number of rotatable bonds is 7. The summed E-state index contributed by atoms with van der Waals surface area (Å²) in [6.07, 6.45) is 6.07. The van der Waals surface area contributed by atoms with Crippen LogP contribution in [-0.4, -0.2) is 55.5 Å². The highest BCUT2D eigenvalue weighted by Crippen LogP contribution is 2.23. The van der Waals surface area contributed by atoms with Gasteiger partial charge in [0.2, 0.25) is 10.0 Å². The molecule has 1 saturated heterocycles. The summed E-state index contributed by atoms with van der Waals surface area (Å²) in [5.74, 6) is -1.21. The lowest BCUT2D eigenvalue weighted by Gasteiger charge is -2.26. The number of esters is 1. The molecule has 1 aliphatic heterocycles. The number of thioether (sulfide) groups is 1. The van der Waals surface area contributed by atoms with Crippen molar-refractivity contribution < 1.29 is 22.7 Å². The summed E-state index contributed by atoms with van der Waals surface area (Å²) in [7, 11) is -3.60. The number of hydrogen-bond acceptors (Lipinski definition) is 7. The van der Waals surface area contributed by atoms with E-state index in [1.165, 1.54) is 28.2 Å². The molecule has 0 aliphatic carbocycles. The maximum Gasteiger partial charge on any atom is 0.341 e. The fourth-order valence-corrected chi connectivity index (χ4v) is 5.20. The molecule has 3 rings (SSSR count). The number of hydrogen-bond donors (Lipinski definition) is 1. The van der Waals surface area contributed by atoms with Crippen molar-refractivity contribution in [2.45, 2.75) is 29.2 Å². The number of nitrogens with one attached hydrogen (secondary N) is 1. The number of amides is 1. The van der Waals surface area contributed by atoms with Gasteiger partial charge in [0.05, 0.1) is 10.5 Å². The Morgan fingerprint density at radius 1 is 1.17 bits per heavy atom. The van der Waals surface area contributed by atoms with E-state index in [-0.39, 0.29) is 10.5 Å². The molecule has 1 N–H and O–H groups in total. The molecule has 8 nitrogen and oxygen atoms in total. The van der Waals surface area contributed by atoms with Gasteiger partial charge in [-0.3, -0.25) is 4.79 Å². The van der Waals surface area contributed by atoms with Crippen LogP contribution in [0.1, 0.15) is 29.6 Å². The number of pyridine rings is 1. The number of piperidine rings is 1. The molecule has 2 heterocycles. The van der Waals surface area contributed by atoms with Crippen molar-refractivity contribution in [3.05, 3.63) is 48.2 Å². The Bertz CT molecular complexity index is 1020. The van der Waals surface area contributed by atoms with Gasteiger partial charge in [-0.15, -0.1) is 11.8 Å². The van der Waals surface area contributed by atoms with Crippen LogP contribution in [0, 0.1) is 0 Å². The predicted molar refractivity (Wildman–Crippen MR) is 114 cm³/mol. The Balaban J connectivity index is 1.62. The first kappa shape index (κ1) is 22.3. The van der Waals surface area contributed by atoms with Crippen LogP contribution >= 0.6 is 11.8 Å². The highest BCUT2D eigenvalue weighted by molar-refractivity contribution is 7.98. The smallest absolute Gasteiger partial charge is 0.341 e. The second-order valence-corrected chi connectivity index (χ2v) is 9.41. The summed E-state index contributed by atoms with van der Waals surface area (Å²) in [6.45, 7) is 0.507. The predicted octanol–water partition coefficient (Wildman–Crippen LogP) is 2.77. The first-order valence-electron chi connectivity index (χ1n) is 9.48. The largest absolute Gasteiger partial charge is 0.452 e. The van der Waals surface area contributed by atoms with Crippen LogP contribution < -0.4 is 5.32 Å². The molecule has 1 fully saturated rings. The van der Waals surface area contributed by atoms with Gasteiger partial charge in [-0.05, 0) is 49.4 Å². The summed E-state index contributed by atoms with van der Waals surface area (Å²) in [5.41, 5.74) is 0.604. The summed E-state index contributed by atoms with van der Waals surface area (Å²) in [4.78, 5) is 28.6. The Morgan fingerprint density at radius 2 is 1.93 bits per heavy atom. The number of ether oxygens (including phenoxy) is 1. The second kappa shape index (κ2) is 10.1. The zero-order valence-corrected chi connectivity index (χ0v) is 18.2. The molecule has 1 aromatic heterocycles. The summed E-state index contributed by atoms with van der Waals surface area (Å²) < 4.78 is 32.1. The van der Waals surface area contributed by atoms with E-state index in [9.17, 15) is 18.0 Å². The monoisotopic (exact) mass is 449 g/mol. The average molecular weight is 450 g/mol. The number of carbonyl (C=O) groups is 2. The average Bonchev–Trinajstić information content (AvgIpc) is 2.78. The lowest BCUT2D eigenvalue weighted by molar-refractivity contribution is -0.119. The quantitative estimate of drug-likeness (QED) is 0.512. The third-order valence-corrected chi connectivity index (χ3v) is 7.20. The lowest BCUT2D eigenvalue weighted by Crippen LogP contribution is -2.35. The fourth-order valence-electron chi connectivity index (χ4n) is 3.10. The van der Waals surface area contributed by atoms with E-state index >= 15 is 0 Å². The van der Waals surface area contributed by atoms with Crippen molar-refractivity contribution >= 4 is 39.3 Å². The molecule has 0 bridgehead atoms. The molecule has 0 saturated carbocycles.